The number of anilines is 1. The zero-order chi connectivity index (χ0) is 19.3. The third-order valence-corrected chi connectivity index (χ3v) is 5.66. The fourth-order valence-corrected chi connectivity index (χ4v) is 3.35. The molecule has 140 valence electrons. The number of nitrogens with zero attached hydrogens (tertiary/aromatic N) is 1. The highest BCUT2D eigenvalue weighted by Gasteiger charge is 2.19. The number of benzene rings is 2. The molecule has 1 amide bonds. The van der Waals surface area contributed by atoms with Crippen LogP contribution < -0.4 is 9.62 Å². The summed E-state index contributed by atoms with van der Waals surface area (Å²) in [5, 5.41) is 3.01. The molecule has 5 nitrogen and oxygen atoms in total. The number of hydrogen-bond donors (Lipinski definition) is 1. The van der Waals surface area contributed by atoms with Crippen molar-refractivity contribution in [3.05, 3.63) is 65.2 Å². The third-order valence-electron chi connectivity index (χ3n) is 4.47. The smallest absolute Gasteiger partial charge is 0.251 e. The molecule has 0 radical (unpaired) electrons. The van der Waals surface area contributed by atoms with E-state index < -0.39 is 10.0 Å². The van der Waals surface area contributed by atoms with E-state index in [1.54, 1.807) is 25.1 Å². The molecule has 26 heavy (non-hydrogen) atoms. The summed E-state index contributed by atoms with van der Waals surface area (Å²) < 4.78 is 24.8. The van der Waals surface area contributed by atoms with Crippen LogP contribution in [0.4, 0.5) is 5.69 Å². The molecule has 0 saturated heterocycles. The van der Waals surface area contributed by atoms with Crippen LogP contribution in [-0.4, -0.2) is 33.7 Å². The van der Waals surface area contributed by atoms with Gasteiger partial charge >= 0.3 is 0 Å². The van der Waals surface area contributed by atoms with E-state index >= 15 is 0 Å². The predicted molar refractivity (Wildman–Crippen MR) is 106 cm³/mol. The van der Waals surface area contributed by atoms with Crippen LogP contribution in [0.25, 0.3) is 0 Å². The molecule has 0 fully saturated rings. The summed E-state index contributed by atoms with van der Waals surface area (Å²) in [5.74, 6) is -0.188. The van der Waals surface area contributed by atoms with Gasteiger partial charge in [0.2, 0.25) is 10.0 Å². The minimum atomic E-state index is -3.38. The van der Waals surface area contributed by atoms with Crippen LogP contribution in [0.1, 0.15) is 34.8 Å². The normalized spacial score (nSPS) is 12.5. The molecule has 0 aliphatic rings. The zero-order valence-corrected chi connectivity index (χ0v) is 16.5. The molecule has 0 heterocycles. The number of hydrogen-bond acceptors (Lipinski definition) is 3. The molecule has 1 atom stereocenters. The molecular weight excluding hydrogens is 348 g/mol. The summed E-state index contributed by atoms with van der Waals surface area (Å²) in [4.78, 5) is 12.6. The van der Waals surface area contributed by atoms with E-state index in [9.17, 15) is 13.2 Å². The van der Waals surface area contributed by atoms with Crippen molar-refractivity contribution in [2.24, 2.45) is 0 Å². The van der Waals surface area contributed by atoms with Crippen LogP contribution in [0.2, 0.25) is 0 Å². The third kappa shape index (κ3) is 5.08. The van der Waals surface area contributed by atoms with Crippen molar-refractivity contribution in [2.45, 2.75) is 32.7 Å². The van der Waals surface area contributed by atoms with Crippen LogP contribution in [0.3, 0.4) is 0 Å². The number of amides is 1. The Morgan fingerprint density at radius 1 is 1.12 bits per heavy atom. The van der Waals surface area contributed by atoms with E-state index in [1.807, 2.05) is 25.1 Å². The van der Waals surface area contributed by atoms with Crippen molar-refractivity contribution in [2.75, 3.05) is 17.6 Å². The number of carbonyl (C=O) groups is 1. The van der Waals surface area contributed by atoms with Gasteiger partial charge in [0.25, 0.3) is 5.91 Å². The fourth-order valence-electron chi connectivity index (χ4n) is 2.79. The molecule has 0 bridgehead atoms. The lowest BCUT2D eigenvalue weighted by Gasteiger charge is -2.21. The van der Waals surface area contributed by atoms with Gasteiger partial charge < -0.3 is 5.32 Å². The molecule has 0 aliphatic carbocycles. The van der Waals surface area contributed by atoms with E-state index in [1.165, 1.54) is 16.9 Å². The second-order valence-corrected chi connectivity index (χ2v) is 8.59. The Balaban J connectivity index is 2.07. The maximum atomic E-state index is 12.6. The van der Waals surface area contributed by atoms with Crippen LogP contribution in [0, 0.1) is 6.92 Å². The van der Waals surface area contributed by atoms with E-state index in [4.69, 9.17) is 0 Å². The lowest BCUT2D eigenvalue weighted by Crippen LogP contribution is -2.34. The van der Waals surface area contributed by atoms with Crippen molar-refractivity contribution < 1.29 is 13.2 Å². The fraction of sp³-hybridized carbons (Fsp3) is 0.350. The topological polar surface area (TPSA) is 66.5 Å². The number of sulfonamides is 1. The zero-order valence-electron chi connectivity index (χ0n) is 15.7. The maximum Gasteiger partial charge on any atom is 0.251 e. The van der Waals surface area contributed by atoms with Crippen molar-refractivity contribution in [1.82, 2.24) is 5.32 Å². The van der Waals surface area contributed by atoms with Gasteiger partial charge in [0.05, 0.1) is 11.9 Å². The Labute approximate surface area is 156 Å². The first kappa shape index (κ1) is 20.0. The highest BCUT2D eigenvalue weighted by molar-refractivity contribution is 7.92. The highest BCUT2D eigenvalue weighted by Crippen LogP contribution is 2.24. The van der Waals surface area contributed by atoms with Crippen molar-refractivity contribution in [1.29, 1.82) is 0 Å². The summed E-state index contributed by atoms with van der Waals surface area (Å²) in [6.07, 6.45) is 2.86. The molecule has 0 spiro atoms. The molecule has 1 N–H and O–H groups in total. The Kier molecular flexibility index (Phi) is 6.42. The Bertz CT molecular complexity index is 864. The standard InChI is InChI=1S/C20H26N2O3S/c1-15(13-14-17-9-6-5-7-10-17)21-20(23)18-11-8-12-19(16(18)2)22(3)26(4,24)25/h5-12,15H,13-14H2,1-4H3,(H,21,23). The predicted octanol–water partition coefficient (Wildman–Crippen LogP) is 3.14. The van der Waals surface area contributed by atoms with Gasteiger partial charge in [-0.25, -0.2) is 8.42 Å². The highest BCUT2D eigenvalue weighted by atomic mass is 32.2. The van der Waals surface area contributed by atoms with E-state index in [0.29, 0.717) is 16.8 Å². The molecule has 0 aliphatic heterocycles. The van der Waals surface area contributed by atoms with Crippen LogP contribution in [-0.2, 0) is 16.4 Å². The summed E-state index contributed by atoms with van der Waals surface area (Å²) in [7, 11) is -1.89. The monoisotopic (exact) mass is 374 g/mol. The largest absolute Gasteiger partial charge is 0.350 e. The van der Waals surface area contributed by atoms with Gasteiger partial charge in [-0.05, 0) is 49.9 Å². The minimum Gasteiger partial charge on any atom is -0.350 e. The molecule has 6 heteroatoms. The van der Waals surface area contributed by atoms with E-state index in [2.05, 4.69) is 17.4 Å². The molecule has 0 saturated carbocycles. The Morgan fingerprint density at radius 2 is 1.77 bits per heavy atom. The number of nitrogens with one attached hydrogen (secondary N) is 1. The van der Waals surface area contributed by atoms with Crippen molar-refractivity contribution >= 4 is 21.6 Å². The lowest BCUT2D eigenvalue weighted by atomic mass is 10.0. The SMILES string of the molecule is Cc1c(C(=O)NC(C)CCc2ccccc2)cccc1N(C)S(C)(=O)=O. The number of aryl methyl sites for hydroxylation is 1. The Morgan fingerprint density at radius 3 is 2.38 bits per heavy atom. The average Bonchev–Trinajstić information content (AvgIpc) is 2.59. The van der Waals surface area contributed by atoms with Gasteiger partial charge in [-0.2, -0.15) is 0 Å². The van der Waals surface area contributed by atoms with Gasteiger partial charge in [-0.15, -0.1) is 0 Å². The molecule has 2 aromatic rings. The minimum absolute atomic E-state index is 0.0124. The van der Waals surface area contributed by atoms with Gasteiger partial charge in [0.15, 0.2) is 0 Å². The Hall–Kier alpha value is -2.34. The van der Waals surface area contributed by atoms with E-state index in [-0.39, 0.29) is 11.9 Å². The van der Waals surface area contributed by atoms with Crippen molar-refractivity contribution in [3.8, 4) is 0 Å². The summed E-state index contributed by atoms with van der Waals surface area (Å²) >= 11 is 0. The van der Waals surface area contributed by atoms with Crippen LogP contribution >= 0.6 is 0 Å². The molecular formula is C20H26N2O3S. The second kappa shape index (κ2) is 8.36. The van der Waals surface area contributed by atoms with Gasteiger partial charge in [-0.3, -0.25) is 9.10 Å². The van der Waals surface area contributed by atoms with Crippen LogP contribution in [0.5, 0.6) is 0 Å². The summed E-state index contributed by atoms with van der Waals surface area (Å²) in [6.45, 7) is 3.74. The van der Waals surface area contributed by atoms with Gasteiger partial charge in [-0.1, -0.05) is 36.4 Å². The summed E-state index contributed by atoms with van der Waals surface area (Å²) in [5.41, 5.74) is 2.89. The first-order valence-electron chi connectivity index (χ1n) is 8.58. The summed E-state index contributed by atoms with van der Waals surface area (Å²) in [6, 6.07) is 15.3. The molecule has 0 aromatic heterocycles. The maximum absolute atomic E-state index is 12.6. The van der Waals surface area contributed by atoms with Gasteiger partial charge in [0, 0.05) is 18.7 Å². The lowest BCUT2D eigenvalue weighted by molar-refractivity contribution is 0.0938. The number of carbonyl (C=O) groups excluding carboxylic acids is 1. The van der Waals surface area contributed by atoms with E-state index in [0.717, 1.165) is 19.1 Å². The van der Waals surface area contributed by atoms with Crippen LogP contribution in [0.15, 0.2) is 48.5 Å². The van der Waals surface area contributed by atoms with Crippen molar-refractivity contribution in [3.63, 3.8) is 0 Å². The first-order chi connectivity index (χ1) is 12.2. The molecule has 1 unspecified atom stereocenters. The number of rotatable bonds is 7. The molecule has 2 rings (SSSR count). The quantitative estimate of drug-likeness (QED) is 0.810. The first-order valence-corrected chi connectivity index (χ1v) is 10.4. The molecule has 2 aromatic carbocycles. The average molecular weight is 375 g/mol. The second-order valence-electron chi connectivity index (χ2n) is 6.58. The van der Waals surface area contributed by atoms with Gasteiger partial charge in [0.1, 0.15) is 0 Å².